The third-order valence-electron chi connectivity index (χ3n) is 3.04. The van der Waals surface area contributed by atoms with Gasteiger partial charge in [0, 0.05) is 32.7 Å². The highest BCUT2D eigenvalue weighted by atomic mass is 19.1. The van der Waals surface area contributed by atoms with E-state index in [2.05, 4.69) is 0 Å². The average molecular weight is 267 g/mol. The first-order valence-electron chi connectivity index (χ1n) is 6.37. The molecule has 0 fully saturated rings. The van der Waals surface area contributed by atoms with Crippen molar-refractivity contribution in [3.8, 4) is 0 Å². The molecular weight excluding hydrogens is 245 g/mol. The van der Waals surface area contributed by atoms with Crippen LogP contribution >= 0.6 is 0 Å². The third kappa shape index (κ3) is 4.61. The van der Waals surface area contributed by atoms with Crippen LogP contribution in [0.3, 0.4) is 0 Å². The van der Waals surface area contributed by atoms with Crippen LogP contribution in [-0.2, 0) is 17.9 Å². The molecule has 1 aromatic carbocycles. The average Bonchev–Trinajstić information content (AvgIpc) is 2.39. The maximum Gasteiger partial charge on any atom is 0.236 e. The molecule has 0 aromatic heterocycles. The Morgan fingerprint density at radius 1 is 1.37 bits per heavy atom. The van der Waals surface area contributed by atoms with Crippen molar-refractivity contribution >= 4 is 5.91 Å². The van der Waals surface area contributed by atoms with Gasteiger partial charge in [0.2, 0.25) is 5.91 Å². The first kappa shape index (κ1) is 15.6. The van der Waals surface area contributed by atoms with Crippen LogP contribution in [0.4, 0.5) is 4.39 Å². The van der Waals surface area contributed by atoms with Crippen LogP contribution in [-0.4, -0.2) is 42.9 Å². The Bertz CT molecular complexity index is 435. The van der Waals surface area contributed by atoms with Crippen LogP contribution in [0.5, 0.6) is 0 Å². The van der Waals surface area contributed by atoms with Gasteiger partial charge in [-0.2, -0.15) is 0 Å². The Morgan fingerprint density at radius 2 is 2.05 bits per heavy atom. The fourth-order valence-electron chi connectivity index (χ4n) is 1.73. The van der Waals surface area contributed by atoms with E-state index < -0.39 is 0 Å². The SMILES string of the molecule is CCN(CC(=O)N(C)C)Cc1cc(CN)ccc1F. The Balaban J connectivity index is 2.77. The Morgan fingerprint density at radius 3 is 2.58 bits per heavy atom. The van der Waals surface area contributed by atoms with Gasteiger partial charge >= 0.3 is 0 Å². The van der Waals surface area contributed by atoms with E-state index in [1.807, 2.05) is 11.8 Å². The van der Waals surface area contributed by atoms with Crippen molar-refractivity contribution in [2.24, 2.45) is 5.73 Å². The first-order chi connectivity index (χ1) is 8.97. The fourth-order valence-corrected chi connectivity index (χ4v) is 1.73. The van der Waals surface area contributed by atoms with Crippen LogP contribution < -0.4 is 5.73 Å². The van der Waals surface area contributed by atoms with E-state index >= 15 is 0 Å². The highest BCUT2D eigenvalue weighted by molar-refractivity contribution is 5.77. The molecule has 0 radical (unpaired) electrons. The fraction of sp³-hybridized carbons (Fsp3) is 0.500. The molecule has 4 nitrogen and oxygen atoms in total. The number of hydrogen-bond donors (Lipinski definition) is 1. The summed E-state index contributed by atoms with van der Waals surface area (Å²) >= 11 is 0. The molecular formula is C14H22FN3O. The quantitative estimate of drug-likeness (QED) is 0.842. The minimum absolute atomic E-state index is 0.0113. The van der Waals surface area contributed by atoms with Gasteiger partial charge in [-0.05, 0) is 18.2 Å². The topological polar surface area (TPSA) is 49.6 Å². The zero-order chi connectivity index (χ0) is 14.4. The zero-order valence-electron chi connectivity index (χ0n) is 11.8. The maximum atomic E-state index is 13.7. The lowest BCUT2D eigenvalue weighted by Crippen LogP contribution is -2.36. The van der Waals surface area contributed by atoms with Crippen molar-refractivity contribution in [1.82, 2.24) is 9.80 Å². The number of hydrogen-bond acceptors (Lipinski definition) is 3. The second-order valence-corrected chi connectivity index (χ2v) is 4.72. The van der Waals surface area contributed by atoms with Gasteiger partial charge in [-0.3, -0.25) is 9.69 Å². The normalized spacial score (nSPS) is 10.8. The monoisotopic (exact) mass is 267 g/mol. The molecule has 0 aliphatic rings. The van der Waals surface area contributed by atoms with E-state index in [4.69, 9.17) is 5.73 Å². The number of nitrogens with two attached hydrogens (primary N) is 1. The summed E-state index contributed by atoms with van der Waals surface area (Å²) in [6, 6.07) is 4.87. The summed E-state index contributed by atoms with van der Waals surface area (Å²) in [6.07, 6.45) is 0. The van der Waals surface area contributed by atoms with Crippen LogP contribution in [0.2, 0.25) is 0 Å². The van der Waals surface area contributed by atoms with E-state index in [0.29, 0.717) is 25.2 Å². The number of carbonyl (C=O) groups excluding carboxylic acids is 1. The molecule has 0 aliphatic heterocycles. The van der Waals surface area contributed by atoms with Gasteiger partial charge in [-0.1, -0.05) is 19.1 Å². The van der Waals surface area contributed by atoms with E-state index in [0.717, 1.165) is 5.56 Å². The predicted octanol–water partition coefficient (Wildman–Crippen LogP) is 1.19. The zero-order valence-corrected chi connectivity index (χ0v) is 11.8. The van der Waals surface area contributed by atoms with Crippen molar-refractivity contribution in [3.05, 3.63) is 35.1 Å². The summed E-state index contributed by atoms with van der Waals surface area (Å²) in [5.41, 5.74) is 7.03. The van der Waals surface area contributed by atoms with Gasteiger partial charge in [0.25, 0.3) is 0 Å². The second kappa shape index (κ2) is 7.21. The smallest absolute Gasteiger partial charge is 0.236 e. The van der Waals surface area contributed by atoms with E-state index in [9.17, 15) is 9.18 Å². The molecule has 0 heterocycles. The number of carbonyl (C=O) groups is 1. The van der Waals surface area contributed by atoms with Gasteiger partial charge in [-0.25, -0.2) is 4.39 Å². The van der Waals surface area contributed by atoms with Crippen molar-refractivity contribution in [2.45, 2.75) is 20.0 Å². The molecule has 0 saturated heterocycles. The first-order valence-corrected chi connectivity index (χ1v) is 6.37. The molecule has 0 aliphatic carbocycles. The predicted molar refractivity (Wildman–Crippen MR) is 73.9 cm³/mol. The lowest BCUT2D eigenvalue weighted by atomic mass is 10.1. The molecule has 106 valence electrons. The highest BCUT2D eigenvalue weighted by Crippen LogP contribution is 2.13. The Kier molecular flexibility index (Phi) is 5.92. The largest absolute Gasteiger partial charge is 0.348 e. The highest BCUT2D eigenvalue weighted by Gasteiger charge is 2.13. The Hall–Kier alpha value is -1.46. The molecule has 1 amide bonds. The maximum absolute atomic E-state index is 13.7. The van der Waals surface area contributed by atoms with Gasteiger partial charge in [0.05, 0.1) is 6.54 Å². The molecule has 0 bridgehead atoms. The molecule has 0 spiro atoms. The number of benzene rings is 1. The third-order valence-corrected chi connectivity index (χ3v) is 3.04. The molecule has 19 heavy (non-hydrogen) atoms. The summed E-state index contributed by atoms with van der Waals surface area (Å²) < 4.78 is 13.7. The minimum Gasteiger partial charge on any atom is -0.348 e. The number of amides is 1. The van der Waals surface area contributed by atoms with Gasteiger partial charge in [-0.15, -0.1) is 0 Å². The summed E-state index contributed by atoms with van der Waals surface area (Å²) in [5, 5.41) is 0. The molecule has 2 N–H and O–H groups in total. The second-order valence-electron chi connectivity index (χ2n) is 4.72. The van der Waals surface area contributed by atoms with E-state index in [1.165, 1.54) is 11.0 Å². The molecule has 1 rings (SSSR count). The van der Waals surface area contributed by atoms with Crippen molar-refractivity contribution in [3.63, 3.8) is 0 Å². The summed E-state index contributed by atoms with van der Waals surface area (Å²) in [7, 11) is 3.43. The van der Waals surface area contributed by atoms with Gasteiger partial charge in [0.15, 0.2) is 0 Å². The molecule has 0 atom stereocenters. The van der Waals surface area contributed by atoms with E-state index in [1.54, 1.807) is 26.2 Å². The van der Waals surface area contributed by atoms with Crippen LogP contribution in [0, 0.1) is 5.82 Å². The minimum atomic E-state index is -0.257. The van der Waals surface area contributed by atoms with Crippen LogP contribution in [0.15, 0.2) is 18.2 Å². The van der Waals surface area contributed by atoms with Crippen LogP contribution in [0.25, 0.3) is 0 Å². The summed E-state index contributed by atoms with van der Waals surface area (Å²) in [5.74, 6) is -0.245. The van der Waals surface area contributed by atoms with Crippen molar-refractivity contribution < 1.29 is 9.18 Å². The lowest BCUT2D eigenvalue weighted by Gasteiger charge is -2.22. The van der Waals surface area contributed by atoms with Crippen molar-refractivity contribution in [1.29, 1.82) is 0 Å². The number of rotatable bonds is 6. The summed E-state index contributed by atoms with van der Waals surface area (Å²) in [6.45, 7) is 3.72. The number of halogens is 1. The molecule has 5 heteroatoms. The van der Waals surface area contributed by atoms with Crippen LogP contribution in [0.1, 0.15) is 18.1 Å². The number of likely N-dealkylation sites (N-methyl/N-ethyl adjacent to an activating group) is 2. The number of nitrogens with zero attached hydrogens (tertiary/aromatic N) is 2. The van der Waals surface area contributed by atoms with E-state index in [-0.39, 0.29) is 18.3 Å². The molecule has 1 aromatic rings. The summed E-state index contributed by atoms with van der Waals surface area (Å²) in [4.78, 5) is 15.1. The lowest BCUT2D eigenvalue weighted by molar-refractivity contribution is -0.130. The van der Waals surface area contributed by atoms with Crippen molar-refractivity contribution in [2.75, 3.05) is 27.2 Å². The van der Waals surface area contributed by atoms with Gasteiger partial charge in [0.1, 0.15) is 5.82 Å². The molecule has 0 unspecified atom stereocenters. The molecule has 0 saturated carbocycles. The Labute approximate surface area is 114 Å². The standard InChI is InChI=1S/C14H22FN3O/c1-4-18(10-14(19)17(2)3)9-12-7-11(8-16)5-6-13(12)15/h5-7H,4,8-10,16H2,1-3H3. The van der Waals surface area contributed by atoms with Gasteiger partial charge < -0.3 is 10.6 Å².